The highest BCUT2D eigenvalue weighted by molar-refractivity contribution is 7.99. The van der Waals surface area contributed by atoms with Crippen LogP contribution in [-0.4, -0.2) is 29.4 Å². The van der Waals surface area contributed by atoms with Gasteiger partial charge in [0.05, 0.1) is 17.8 Å². The number of amides is 2. The summed E-state index contributed by atoms with van der Waals surface area (Å²) in [5.74, 6) is 3.86. The Kier molecular flexibility index (Phi) is 5.82. The summed E-state index contributed by atoms with van der Waals surface area (Å²) in [5.41, 5.74) is 1.80. The average molecular weight is 392 g/mol. The van der Waals surface area contributed by atoms with E-state index in [4.69, 9.17) is 5.11 Å². The fraction of sp³-hybridized carbons (Fsp3) is 0.0952. The highest BCUT2D eigenvalue weighted by Crippen LogP contribution is 2.42. The number of fused-ring (bicyclic) bond motifs is 2. The Morgan fingerprint density at radius 1 is 1.18 bits per heavy atom. The molecule has 0 saturated heterocycles. The Morgan fingerprint density at radius 2 is 1.96 bits per heavy atom. The van der Waals surface area contributed by atoms with Crippen molar-refractivity contribution in [3.05, 3.63) is 60.2 Å². The molecule has 0 bridgehead atoms. The minimum Gasteiger partial charge on any atom is -0.478 e. The topological polar surface area (TPSA) is 86.7 Å². The van der Waals surface area contributed by atoms with Crippen LogP contribution < -0.4 is 10.2 Å². The Labute approximate surface area is 166 Å². The SMILES string of the molecule is CC#CCN1C(=O)c2ccccc2Sc2cc(NC(=O)/C=C/C(=O)O)ccc21. The van der Waals surface area contributed by atoms with Gasteiger partial charge in [-0.2, -0.15) is 0 Å². The highest BCUT2D eigenvalue weighted by Gasteiger charge is 2.26. The zero-order valence-electron chi connectivity index (χ0n) is 14.9. The van der Waals surface area contributed by atoms with Crippen LogP contribution in [0.3, 0.4) is 0 Å². The number of nitrogens with zero attached hydrogens (tertiary/aromatic N) is 1. The van der Waals surface area contributed by atoms with E-state index in [1.54, 1.807) is 36.1 Å². The quantitative estimate of drug-likeness (QED) is 0.615. The number of benzene rings is 2. The predicted molar refractivity (Wildman–Crippen MR) is 108 cm³/mol. The van der Waals surface area contributed by atoms with Crippen molar-refractivity contribution in [3.63, 3.8) is 0 Å². The van der Waals surface area contributed by atoms with Gasteiger partial charge in [0, 0.05) is 27.6 Å². The van der Waals surface area contributed by atoms with Crippen LogP contribution in [0.15, 0.2) is 64.4 Å². The molecule has 2 aromatic carbocycles. The first-order chi connectivity index (χ1) is 13.5. The molecule has 0 aromatic heterocycles. The molecule has 0 aliphatic carbocycles. The summed E-state index contributed by atoms with van der Waals surface area (Å²) in [6.45, 7) is 1.97. The molecule has 140 valence electrons. The molecule has 1 aliphatic heterocycles. The van der Waals surface area contributed by atoms with Gasteiger partial charge in [-0.25, -0.2) is 4.79 Å². The van der Waals surface area contributed by atoms with E-state index in [0.717, 1.165) is 21.9 Å². The zero-order chi connectivity index (χ0) is 20.1. The number of carboxylic acids is 1. The minimum atomic E-state index is -1.20. The Hall–Kier alpha value is -3.50. The summed E-state index contributed by atoms with van der Waals surface area (Å²) in [7, 11) is 0. The third kappa shape index (κ3) is 4.24. The molecule has 2 N–H and O–H groups in total. The van der Waals surface area contributed by atoms with Gasteiger partial charge < -0.3 is 10.4 Å². The van der Waals surface area contributed by atoms with Gasteiger partial charge in [-0.1, -0.05) is 29.8 Å². The Bertz CT molecular complexity index is 1050. The standard InChI is InChI=1S/C21H16N2O4S/c1-2-3-12-23-16-9-8-14(22-19(24)10-11-20(25)26)13-18(16)28-17-7-5-4-6-15(17)21(23)27/h4-11,13H,12H2,1H3,(H,22,24)(H,25,26)/b11-10+. The predicted octanol–water partition coefficient (Wildman–Crippen LogP) is 3.40. The van der Waals surface area contributed by atoms with Gasteiger partial charge in [0.15, 0.2) is 0 Å². The maximum atomic E-state index is 13.0. The molecule has 2 amide bonds. The fourth-order valence-corrected chi connectivity index (χ4v) is 3.77. The molecule has 28 heavy (non-hydrogen) atoms. The number of nitrogens with one attached hydrogen (secondary N) is 1. The largest absolute Gasteiger partial charge is 0.478 e. The monoisotopic (exact) mass is 392 g/mol. The minimum absolute atomic E-state index is 0.134. The van der Waals surface area contributed by atoms with Crippen molar-refractivity contribution < 1.29 is 19.5 Å². The lowest BCUT2D eigenvalue weighted by molar-refractivity contribution is -0.131. The van der Waals surface area contributed by atoms with Crippen LogP contribution in [0.1, 0.15) is 17.3 Å². The Balaban J connectivity index is 1.99. The number of rotatable bonds is 4. The van der Waals surface area contributed by atoms with E-state index in [1.807, 2.05) is 18.2 Å². The molecule has 1 aliphatic rings. The molecule has 7 heteroatoms. The third-order valence-corrected chi connectivity index (χ3v) is 5.01. The summed E-state index contributed by atoms with van der Waals surface area (Å²) in [6.07, 6.45) is 1.72. The molecule has 0 unspecified atom stereocenters. The van der Waals surface area contributed by atoms with Crippen molar-refractivity contribution in [3.8, 4) is 11.8 Å². The van der Waals surface area contributed by atoms with E-state index >= 15 is 0 Å². The highest BCUT2D eigenvalue weighted by atomic mass is 32.2. The lowest BCUT2D eigenvalue weighted by Gasteiger charge is -2.21. The second kappa shape index (κ2) is 8.46. The van der Waals surface area contributed by atoms with Crippen LogP contribution >= 0.6 is 11.8 Å². The molecular formula is C21H16N2O4S. The molecule has 1 heterocycles. The van der Waals surface area contributed by atoms with Gasteiger partial charge in [0.25, 0.3) is 5.91 Å². The smallest absolute Gasteiger partial charge is 0.328 e. The van der Waals surface area contributed by atoms with Crippen molar-refractivity contribution in [1.29, 1.82) is 0 Å². The summed E-state index contributed by atoms with van der Waals surface area (Å²) in [5, 5.41) is 11.2. The maximum Gasteiger partial charge on any atom is 0.328 e. The average Bonchev–Trinajstić information content (AvgIpc) is 2.79. The van der Waals surface area contributed by atoms with Crippen LogP contribution in [0, 0.1) is 11.8 Å². The van der Waals surface area contributed by atoms with Gasteiger partial charge in [-0.05, 0) is 37.3 Å². The van der Waals surface area contributed by atoms with Gasteiger partial charge >= 0.3 is 5.97 Å². The molecule has 0 saturated carbocycles. The van der Waals surface area contributed by atoms with Crippen molar-refractivity contribution in [2.45, 2.75) is 16.7 Å². The summed E-state index contributed by atoms with van der Waals surface area (Å²) in [6, 6.07) is 12.5. The number of hydrogen-bond donors (Lipinski definition) is 2. The van der Waals surface area contributed by atoms with Gasteiger partial charge in [0.2, 0.25) is 5.91 Å². The number of aliphatic carboxylic acids is 1. The fourth-order valence-electron chi connectivity index (χ4n) is 2.65. The number of anilines is 2. The first-order valence-electron chi connectivity index (χ1n) is 8.34. The molecule has 0 radical (unpaired) electrons. The van der Waals surface area contributed by atoms with Crippen molar-refractivity contribution >= 4 is 40.9 Å². The van der Waals surface area contributed by atoms with Gasteiger partial charge in [-0.3, -0.25) is 14.5 Å². The molecule has 0 atom stereocenters. The molecule has 3 rings (SSSR count). The lowest BCUT2D eigenvalue weighted by atomic mass is 10.1. The normalized spacial score (nSPS) is 12.5. The molecule has 6 nitrogen and oxygen atoms in total. The number of carbonyl (C=O) groups is 3. The molecule has 0 fully saturated rings. The molecular weight excluding hydrogens is 376 g/mol. The van der Waals surface area contributed by atoms with E-state index in [9.17, 15) is 14.4 Å². The van der Waals surface area contributed by atoms with E-state index in [2.05, 4.69) is 17.2 Å². The first kappa shape index (κ1) is 19.3. The van der Waals surface area contributed by atoms with E-state index in [1.165, 1.54) is 11.8 Å². The van der Waals surface area contributed by atoms with Crippen LogP contribution in [0.5, 0.6) is 0 Å². The maximum absolute atomic E-state index is 13.0. The van der Waals surface area contributed by atoms with E-state index < -0.39 is 11.9 Å². The van der Waals surface area contributed by atoms with E-state index in [0.29, 0.717) is 16.9 Å². The second-order valence-corrected chi connectivity index (χ2v) is 6.84. The van der Waals surface area contributed by atoms with Crippen molar-refractivity contribution in [2.75, 3.05) is 16.8 Å². The summed E-state index contributed by atoms with van der Waals surface area (Å²) >= 11 is 1.43. The third-order valence-electron chi connectivity index (χ3n) is 3.89. The number of carbonyl (C=O) groups excluding carboxylic acids is 2. The van der Waals surface area contributed by atoms with Crippen LogP contribution in [0.2, 0.25) is 0 Å². The van der Waals surface area contributed by atoms with Crippen molar-refractivity contribution in [2.24, 2.45) is 0 Å². The zero-order valence-corrected chi connectivity index (χ0v) is 15.7. The second-order valence-electron chi connectivity index (χ2n) is 5.76. The van der Waals surface area contributed by atoms with Crippen LogP contribution in [0.4, 0.5) is 11.4 Å². The van der Waals surface area contributed by atoms with Gasteiger partial charge in [0.1, 0.15) is 0 Å². The summed E-state index contributed by atoms with van der Waals surface area (Å²) in [4.78, 5) is 38.6. The lowest BCUT2D eigenvalue weighted by Crippen LogP contribution is -2.31. The van der Waals surface area contributed by atoms with Crippen molar-refractivity contribution in [1.82, 2.24) is 0 Å². The van der Waals surface area contributed by atoms with Crippen LogP contribution in [-0.2, 0) is 9.59 Å². The van der Waals surface area contributed by atoms with E-state index in [-0.39, 0.29) is 12.5 Å². The first-order valence-corrected chi connectivity index (χ1v) is 9.15. The molecule has 2 aromatic rings. The van der Waals surface area contributed by atoms with Gasteiger partial charge in [-0.15, -0.1) is 5.92 Å². The number of carboxylic acid groups (broad SMARTS) is 1. The number of hydrogen-bond acceptors (Lipinski definition) is 4. The Morgan fingerprint density at radius 3 is 2.71 bits per heavy atom. The van der Waals surface area contributed by atoms with Crippen LogP contribution in [0.25, 0.3) is 0 Å². The summed E-state index contributed by atoms with van der Waals surface area (Å²) < 4.78 is 0. The molecule has 0 spiro atoms.